The molecule has 1 fully saturated rings. The summed E-state index contributed by atoms with van der Waals surface area (Å²) < 4.78 is 0. The maximum atomic E-state index is 12.3. The summed E-state index contributed by atoms with van der Waals surface area (Å²) in [7, 11) is 2.02. The molecular weight excluding hydrogens is 266 g/mol. The number of piperidine rings is 1. The van der Waals surface area contributed by atoms with Crippen molar-refractivity contribution in [2.75, 3.05) is 36.9 Å². The molecule has 2 N–H and O–H groups in total. The Labute approximate surface area is 126 Å². The number of urea groups is 1. The van der Waals surface area contributed by atoms with Crippen LogP contribution in [0.5, 0.6) is 0 Å². The van der Waals surface area contributed by atoms with Crippen LogP contribution in [0.2, 0.25) is 0 Å². The second kappa shape index (κ2) is 6.80. The molecule has 1 aromatic carbocycles. The molecule has 2 amide bonds. The van der Waals surface area contributed by atoms with Crippen molar-refractivity contribution in [1.82, 2.24) is 4.90 Å². The van der Waals surface area contributed by atoms with Crippen molar-refractivity contribution < 1.29 is 9.90 Å². The van der Waals surface area contributed by atoms with E-state index in [2.05, 4.69) is 17.1 Å². The van der Waals surface area contributed by atoms with Gasteiger partial charge >= 0.3 is 6.03 Å². The fourth-order valence-electron chi connectivity index (χ4n) is 2.44. The van der Waals surface area contributed by atoms with Crippen LogP contribution in [0, 0.1) is 5.92 Å². The molecule has 2 unspecified atom stereocenters. The molecule has 1 aliphatic rings. The largest absolute Gasteiger partial charge is 0.391 e. The topological polar surface area (TPSA) is 55.8 Å². The molecular formula is C16H25N3O2. The molecule has 0 aliphatic carbocycles. The summed E-state index contributed by atoms with van der Waals surface area (Å²) in [6.07, 6.45) is 0.412. The lowest BCUT2D eigenvalue weighted by Gasteiger charge is -2.34. The Morgan fingerprint density at radius 2 is 2.29 bits per heavy atom. The summed E-state index contributed by atoms with van der Waals surface area (Å²) >= 11 is 0. The molecule has 1 saturated heterocycles. The van der Waals surface area contributed by atoms with E-state index in [0.717, 1.165) is 24.3 Å². The quantitative estimate of drug-likeness (QED) is 0.899. The van der Waals surface area contributed by atoms with Gasteiger partial charge < -0.3 is 20.2 Å². The molecule has 5 heteroatoms. The normalized spacial score (nSPS) is 22.0. The Kier molecular flexibility index (Phi) is 5.07. The number of nitrogens with zero attached hydrogens (tertiary/aromatic N) is 2. The van der Waals surface area contributed by atoms with Gasteiger partial charge in [0.15, 0.2) is 0 Å². The number of anilines is 2. The number of aliphatic hydroxyl groups excluding tert-OH is 1. The van der Waals surface area contributed by atoms with Crippen molar-refractivity contribution in [3.05, 3.63) is 24.3 Å². The van der Waals surface area contributed by atoms with E-state index >= 15 is 0 Å². The summed E-state index contributed by atoms with van der Waals surface area (Å²) in [5.41, 5.74) is 1.86. The summed E-state index contributed by atoms with van der Waals surface area (Å²) in [6.45, 7) is 6.11. The zero-order valence-corrected chi connectivity index (χ0v) is 13.0. The lowest BCUT2D eigenvalue weighted by atomic mass is 9.96. The highest BCUT2D eigenvalue weighted by atomic mass is 16.3. The van der Waals surface area contributed by atoms with Crippen LogP contribution >= 0.6 is 0 Å². The molecule has 1 aliphatic heterocycles. The van der Waals surface area contributed by atoms with Crippen molar-refractivity contribution in [3.8, 4) is 0 Å². The number of hydrogen-bond donors (Lipinski definition) is 2. The van der Waals surface area contributed by atoms with Gasteiger partial charge in [-0.2, -0.15) is 0 Å². The zero-order valence-electron chi connectivity index (χ0n) is 13.0. The molecule has 0 radical (unpaired) electrons. The first-order valence-electron chi connectivity index (χ1n) is 7.56. The molecule has 1 aromatic rings. The molecule has 0 spiro atoms. The first-order valence-corrected chi connectivity index (χ1v) is 7.56. The van der Waals surface area contributed by atoms with Crippen LogP contribution < -0.4 is 10.2 Å². The predicted molar refractivity (Wildman–Crippen MR) is 85.8 cm³/mol. The van der Waals surface area contributed by atoms with E-state index in [1.54, 1.807) is 4.90 Å². The Hall–Kier alpha value is -1.75. The van der Waals surface area contributed by atoms with Gasteiger partial charge in [0.2, 0.25) is 0 Å². The summed E-state index contributed by atoms with van der Waals surface area (Å²) in [6, 6.07) is 7.66. The van der Waals surface area contributed by atoms with Crippen molar-refractivity contribution >= 4 is 17.4 Å². The van der Waals surface area contributed by atoms with Gasteiger partial charge in [0.25, 0.3) is 0 Å². The van der Waals surface area contributed by atoms with Crippen molar-refractivity contribution in [3.63, 3.8) is 0 Å². The Balaban J connectivity index is 1.99. The van der Waals surface area contributed by atoms with Crippen molar-refractivity contribution in [2.45, 2.75) is 26.4 Å². The van der Waals surface area contributed by atoms with Gasteiger partial charge in [0, 0.05) is 38.1 Å². The third kappa shape index (κ3) is 3.88. The minimum absolute atomic E-state index is 0.141. The van der Waals surface area contributed by atoms with Gasteiger partial charge in [-0.15, -0.1) is 0 Å². The van der Waals surface area contributed by atoms with Gasteiger partial charge in [-0.1, -0.05) is 13.0 Å². The van der Waals surface area contributed by atoms with Crippen LogP contribution in [0.25, 0.3) is 0 Å². The number of amides is 2. The van der Waals surface area contributed by atoms with Crippen LogP contribution in [0.3, 0.4) is 0 Å². The van der Waals surface area contributed by atoms with Crippen LogP contribution in [-0.2, 0) is 0 Å². The molecule has 1 heterocycles. The number of nitrogens with one attached hydrogen (secondary N) is 1. The lowest BCUT2D eigenvalue weighted by Crippen LogP contribution is -2.47. The number of benzene rings is 1. The minimum atomic E-state index is -0.429. The standard InChI is InChI=1S/C16H25N3O2/c1-4-18(3)14-7-5-6-13(10-14)17-16(21)19-9-8-12(2)15(20)11-19/h5-7,10,12,15,20H,4,8-9,11H2,1-3H3,(H,17,21). The lowest BCUT2D eigenvalue weighted by molar-refractivity contribution is 0.0464. The van der Waals surface area contributed by atoms with Gasteiger partial charge in [0.1, 0.15) is 0 Å². The molecule has 21 heavy (non-hydrogen) atoms. The highest BCUT2D eigenvalue weighted by Gasteiger charge is 2.27. The number of aliphatic hydroxyl groups is 1. The van der Waals surface area contributed by atoms with E-state index in [4.69, 9.17) is 0 Å². The first-order chi connectivity index (χ1) is 10.0. The van der Waals surface area contributed by atoms with E-state index in [0.29, 0.717) is 13.1 Å². The van der Waals surface area contributed by atoms with Crippen LogP contribution in [0.1, 0.15) is 20.3 Å². The second-order valence-corrected chi connectivity index (χ2v) is 5.77. The SMILES string of the molecule is CCN(C)c1cccc(NC(=O)N2CCC(C)C(O)C2)c1. The molecule has 5 nitrogen and oxygen atoms in total. The number of carbonyl (C=O) groups is 1. The van der Waals surface area contributed by atoms with E-state index in [1.165, 1.54) is 0 Å². The van der Waals surface area contributed by atoms with E-state index in [-0.39, 0.29) is 11.9 Å². The van der Waals surface area contributed by atoms with E-state index < -0.39 is 6.10 Å². The third-order valence-electron chi connectivity index (χ3n) is 4.22. The fourth-order valence-corrected chi connectivity index (χ4v) is 2.44. The van der Waals surface area contributed by atoms with Gasteiger partial charge in [0.05, 0.1) is 6.10 Å². The summed E-state index contributed by atoms with van der Waals surface area (Å²) in [5, 5.41) is 12.8. The number of likely N-dealkylation sites (tertiary alicyclic amines) is 1. The second-order valence-electron chi connectivity index (χ2n) is 5.77. The minimum Gasteiger partial charge on any atom is -0.391 e. The number of β-amino-alcohol motifs (C(OH)–C–C–N with tert-alkyl or cyclic N) is 1. The van der Waals surface area contributed by atoms with Crippen LogP contribution in [0.4, 0.5) is 16.2 Å². The number of rotatable bonds is 3. The van der Waals surface area contributed by atoms with Crippen molar-refractivity contribution in [2.24, 2.45) is 5.92 Å². The van der Waals surface area contributed by atoms with Gasteiger partial charge in [-0.25, -0.2) is 4.79 Å². The molecule has 0 aromatic heterocycles. The monoisotopic (exact) mass is 291 g/mol. The van der Waals surface area contributed by atoms with Crippen LogP contribution in [0.15, 0.2) is 24.3 Å². The zero-order chi connectivity index (χ0) is 15.4. The Bertz CT molecular complexity index is 492. The summed E-state index contributed by atoms with van der Waals surface area (Å²) in [5.74, 6) is 0.260. The van der Waals surface area contributed by atoms with Gasteiger partial charge in [-0.05, 0) is 37.5 Å². The smallest absolute Gasteiger partial charge is 0.321 e. The summed E-state index contributed by atoms with van der Waals surface area (Å²) in [4.78, 5) is 16.1. The average Bonchev–Trinajstić information content (AvgIpc) is 2.49. The number of hydrogen-bond acceptors (Lipinski definition) is 3. The maximum absolute atomic E-state index is 12.3. The molecule has 0 saturated carbocycles. The number of carbonyl (C=O) groups excluding carboxylic acids is 1. The molecule has 0 bridgehead atoms. The van der Waals surface area contributed by atoms with Crippen LogP contribution in [-0.4, -0.2) is 48.8 Å². The molecule has 2 atom stereocenters. The highest BCUT2D eigenvalue weighted by Crippen LogP contribution is 2.20. The first kappa shape index (κ1) is 15.6. The third-order valence-corrected chi connectivity index (χ3v) is 4.22. The Morgan fingerprint density at radius 1 is 1.52 bits per heavy atom. The fraction of sp³-hybridized carbons (Fsp3) is 0.562. The maximum Gasteiger partial charge on any atom is 0.321 e. The molecule has 116 valence electrons. The predicted octanol–water partition coefficient (Wildman–Crippen LogP) is 2.38. The Morgan fingerprint density at radius 3 is 2.95 bits per heavy atom. The van der Waals surface area contributed by atoms with Crippen molar-refractivity contribution in [1.29, 1.82) is 0 Å². The van der Waals surface area contributed by atoms with E-state index in [9.17, 15) is 9.90 Å². The highest BCUT2D eigenvalue weighted by molar-refractivity contribution is 5.90. The average molecular weight is 291 g/mol. The van der Waals surface area contributed by atoms with E-state index in [1.807, 2.05) is 38.2 Å². The van der Waals surface area contributed by atoms with Gasteiger partial charge in [-0.3, -0.25) is 0 Å². The molecule has 2 rings (SSSR count).